The van der Waals surface area contributed by atoms with E-state index in [9.17, 15) is 4.79 Å². The summed E-state index contributed by atoms with van der Waals surface area (Å²) in [6.07, 6.45) is 4.57. The van der Waals surface area contributed by atoms with Gasteiger partial charge in [0.25, 0.3) is 0 Å². The molecule has 3 rings (SSSR count). The van der Waals surface area contributed by atoms with Gasteiger partial charge < -0.3 is 10.1 Å². The lowest BCUT2D eigenvalue weighted by atomic mass is 9.85. The van der Waals surface area contributed by atoms with E-state index in [1.54, 1.807) is 7.11 Å². The number of aryl methyl sites for hydroxylation is 1. The zero-order chi connectivity index (χ0) is 16.2. The van der Waals surface area contributed by atoms with Crippen LogP contribution in [0.15, 0.2) is 18.2 Å². The Kier molecular flexibility index (Phi) is 5.21. The summed E-state index contributed by atoms with van der Waals surface area (Å²) in [5, 5.41) is 3.15. The molecule has 0 bridgehead atoms. The molecule has 1 atom stereocenters. The molecule has 2 fully saturated rings. The van der Waals surface area contributed by atoms with Gasteiger partial charge in [-0.2, -0.15) is 0 Å². The predicted molar refractivity (Wildman–Crippen MR) is 91.5 cm³/mol. The van der Waals surface area contributed by atoms with Crippen molar-refractivity contribution in [1.29, 1.82) is 0 Å². The van der Waals surface area contributed by atoms with Gasteiger partial charge in [0.1, 0.15) is 5.75 Å². The number of benzene rings is 1. The third-order valence-electron chi connectivity index (χ3n) is 5.28. The molecule has 1 saturated heterocycles. The van der Waals surface area contributed by atoms with Gasteiger partial charge in [-0.25, -0.2) is 0 Å². The minimum absolute atomic E-state index is 0.278. The number of likely N-dealkylation sites (tertiary alicyclic amines) is 1. The summed E-state index contributed by atoms with van der Waals surface area (Å²) < 4.78 is 5.32. The Labute approximate surface area is 139 Å². The highest BCUT2D eigenvalue weighted by Gasteiger charge is 2.27. The summed E-state index contributed by atoms with van der Waals surface area (Å²) in [6.45, 7) is 6.11. The van der Waals surface area contributed by atoms with Crippen molar-refractivity contribution in [2.24, 2.45) is 11.8 Å². The van der Waals surface area contributed by atoms with E-state index in [0.29, 0.717) is 11.8 Å². The van der Waals surface area contributed by atoms with Crippen LogP contribution in [0.25, 0.3) is 0 Å². The number of amides is 1. The van der Waals surface area contributed by atoms with Gasteiger partial charge in [-0.3, -0.25) is 9.69 Å². The van der Waals surface area contributed by atoms with Crippen LogP contribution in [-0.4, -0.2) is 37.6 Å². The second-order valence-electron chi connectivity index (χ2n) is 7.07. The van der Waals surface area contributed by atoms with Crippen LogP contribution in [0.5, 0.6) is 5.75 Å². The van der Waals surface area contributed by atoms with E-state index in [0.717, 1.165) is 44.8 Å². The molecule has 1 aromatic rings. The molecule has 0 aromatic heterocycles. The number of hydrogen-bond acceptors (Lipinski definition) is 3. The van der Waals surface area contributed by atoms with Crippen LogP contribution in [-0.2, 0) is 11.3 Å². The monoisotopic (exact) mass is 316 g/mol. The smallest absolute Gasteiger partial charge is 0.223 e. The standard InChI is InChI=1S/C19H28N2O2/c1-14-10-15(6-7-18(14)23-2)12-21-9-8-16(13-21)11-20-19(22)17-4-3-5-17/h6-7,10,16-17H,3-5,8-9,11-13H2,1-2H3,(H,20,22)/t16-/m1/s1. The predicted octanol–water partition coefficient (Wildman–Crippen LogP) is 2.74. The molecule has 1 aliphatic heterocycles. The number of ether oxygens (including phenoxy) is 1. The van der Waals surface area contributed by atoms with Crippen LogP contribution in [0.1, 0.15) is 36.8 Å². The molecule has 23 heavy (non-hydrogen) atoms. The van der Waals surface area contributed by atoms with Crippen LogP contribution >= 0.6 is 0 Å². The summed E-state index contributed by atoms with van der Waals surface area (Å²) in [6, 6.07) is 6.42. The van der Waals surface area contributed by atoms with Crippen molar-refractivity contribution in [2.45, 2.75) is 39.2 Å². The van der Waals surface area contributed by atoms with Gasteiger partial charge in [-0.05, 0) is 55.8 Å². The van der Waals surface area contributed by atoms with Crippen LogP contribution in [0, 0.1) is 18.8 Å². The number of rotatable bonds is 6. The fraction of sp³-hybridized carbons (Fsp3) is 0.632. The molecule has 2 aliphatic rings. The Bertz CT molecular complexity index is 554. The number of carbonyl (C=O) groups is 1. The van der Waals surface area contributed by atoms with Gasteiger partial charge in [-0.1, -0.05) is 18.6 Å². The van der Waals surface area contributed by atoms with E-state index in [4.69, 9.17) is 4.74 Å². The maximum absolute atomic E-state index is 11.9. The minimum atomic E-state index is 0.278. The van der Waals surface area contributed by atoms with Crippen molar-refractivity contribution in [3.8, 4) is 5.75 Å². The van der Waals surface area contributed by atoms with Crippen molar-refractivity contribution in [2.75, 3.05) is 26.7 Å². The van der Waals surface area contributed by atoms with Crippen molar-refractivity contribution in [3.63, 3.8) is 0 Å². The fourth-order valence-corrected chi connectivity index (χ4v) is 3.58. The third kappa shape index (κ3) is 4.05. The van der Waals surface area contributed by atoms with E-state index < -0.39 is 0 Å². The quantitative estimate of drug-likeness (QED) is 0.877. The van der Waals surface area contributed by atoms with Crippen molar-refractivity contribution in [1.82, 2.24) is 10.2 Å². The molecule has 0 unspecified atom stereocenters. The van der Waals surface area contributed by atoms with Crippen molar-refractivity contribution >= 4 is 5.91 Å². The molecule has 1 heterocycles. The normalized spacial score (nSPS) is 21.9. The molecule has 4 heteroatoms. The number of carbonyl (C=O) groups excluding carboxylic acids is 1. The average molecular weight is 316 g/mol. The highest BCUT2D eigenvalue weighted by molar-refractivity contribution is 5.79. The summed E-state index contributed by atoms with van der Waals surface area (Å²) in [5.41, 5.74) is 2.52. The lowest BCUT2D eigenvalue weighted by molar-refractivity contribution is -0.127. The molecular formula is C19H28N2O2. The molecule has 1 saturated carbocycles. The van der Waals surface area contributed by atoms with Gasteiger partial charge in [0, 0.05) is 25.6 Å². The second-order valence-corrected chi connectivity index (χ2v) is 7.07. The van der Waals surface area contributed by atoms with Gasteiger partial charge in [0.05, 0.1) is 7.11 Å². The van der Waals surface area contributed by atoms with Gasteiger partial charge in [-0.15, -0.1) is 0 Å². The Morgan fingerprint density at radius 3 is 2.83 bits per heavy atom. The number of hydrogen-bond donors (Lipinski definition) is 1. The van der Waals surface area contributed by atoms with Crippen LogP contribution in [0.4, 0.5) is 0 Å². The SMILES string of the molecule is COc1ccc(CN2CC[C@H](CNC(=O)C3CCC3)C2)cc1C. The molecule has 0 radical (unpaired) electrons. The Balaban J connectivity index is 1.44. The highest BCUT2D eigenvalue weighted by atomic mass is 16.5. The lowest BCUT2D eigenvalue weighted by Crippen LogP contribution is -2.37. The van der Waals surface area contributed by atoms with Crippen LogP contribution in [0.3, 0.4) is 0 Å². The minimum Gasteiger partial charge on any atom is -0.496 e. The molecular weight excluding hydrogens is 288 g/mol. The third-order valence-corrected chi connectivity index (χ3v) is 5.28. The van der Waals surface area contributed by atoms with E-state index in [-0.39, 0.29) is 5.91 Å². The van der Waals surface area contributed by atoms with Crippen LogP contribution in [0.2, 0.25) is 0 Å². The maximum atomic E-state index is 11.9. The average Bonchev–Trinajstić information content (AvgIpc) is 2.91. The molecule has 4 nitrogen and oxygen atoms in total. The number of nitrogens with one attached hydrogen (secondary N) is 1. The van der Waals surface area contributed by atoms with Gasteiger partial charge >= 0.3 is 0 Å². The molecule has 126 valence electrons. The van der Waals surface area contributed by atoms with Crippen molar-refractivity contribution < 1.29 is 9.53 Å². The maximum Gasteiger partial charge on any atom is 0.223 e. The Morgan fingerprint density at radius 2 is 2.17 bits per heavy atom. The summed E-state index contributed by atoms with van der Waals surface area (Å²) in [5.74, 6) is 2.13. The molecule has 1 aliphatic carbocycles. The van der Waals surface area contributed by atoms with E-state index in [2.05, 4.69) is 35.3 Å². The zero-order valence-corrected chi connectivity index (χ0v) is 14.3. The Hall–Kier alpha value is -1.55. The zero-order valence-electron chi connectivity index (χ0n) is 14.3. The summed E-state index contributed by atoms with van der Waals surface area (Å²) in [7, 11) is 1.71. The lowest BCUT2D eigenvalue weighted by Gasteiger charge is -2.25. The molecule has 1 aromatic carbocycles. The highest BCUT2D eigenvalue weighted by Crippen LogP contribution is 2.26. The summed E-state index contributed by atoms with van der Waals surface area (Å²) >= 11 is 0. The molecule has 1 N–H and O–H groups in total. The van der Waals surface area contributed by atoms with Gasteiger partial charge in [0.15, 0.2) is 0 Å². The van der Waals surface area contributed by atoms with Gasteiger partial charge in [0.2, 0.25) is 5.91 Å². The molecule has 1 amide bonds. The van der Waals surface area contributed by atoms with E-state index >= 15 is 0 Å². The van der Waals surface area contributed by atoms with E-state index in [1.165, 1.54) is 24.0 Å². The first kappa shape index (κ1) is 16.3. The molecule has 0 spiro atoms. The van der Waals surface area contributed by atoms with Crippen molar-refractivity contribution in [3.05, 3.63) is 29.3 Å². The fourth-order valence-electron chi connectivity index (χ4n) is 3.58. The summed E-state index contributed by atoms with van der Waals surface area (Å²) in [4.78, 5) is 14.4. The first-order valence-electron chi connectivity index (χ1n) is 8.79. The number of nitrogens with zero attached hydrogens (tertiary/aromatic N) is 1. The van der Waals surface area contributed by atoms with E-state index in [1.807, 2.05) is 0 Å². The number of methoxy groups -OCH3 is 1. The van der Waals surface area contributed by atoms with Crippen LogP contribution < -0.4 is 10.1 Å². The Morgan fingerprint density at radius 1 is 1.35 bits per heavy atom. The second kappa shape index (κ2) is 7.35. The topological polar surface area (TPSA) is 41.6 Å². The first-order chi connectivity index (χ1) is 11.2. The first-order valence-corrected chi connectivity index (χ1v) is 8.79. The largest absolute Gasteiger partial charge is 0.496 e.